The van der Waals surface area contributed by atoms with Crippen LogP contribution in [-0.4, -0.2) is 24.6 Å². The lowest BCUT2D eigenvalue weighted by Gasteiger charge is -2.08. The van der Waals surface area contributed by atoms with Gasteiger partial charge in [-0.25, -0.2) is 9.97 Å². The fraction of sp³-hybridized carbons (Fsp3) is 0.0769. The van der Waals surface area contributed by atoms with Gasteiger partial charge in [-0.15, -0.1) is 10.2 Å². The summed E-state index contributed by atoms with van der Waals surface area (Å²) in [6.07, 6.45) is -1.30. The second-order valence-electron chi connectivity index (χ2n) is 4.72. The molecule has 4 rings (SSSR count). The number of nitrogens with zero attached hydrogens (tertiary/aromatic N) is 5. The number of aromatic nitrogens is 5. The number of hydrogen-bond acceptors (Lipinski definition) is 6. The number of nitrogens with one attached hydrogen (secondary N) is 1. The van der Waals surface area contributed by atoms with E-state index >= 15 is 0 Å². The van der Waals surface area contributed by atoms with Crippen molar-refractivity contribution < 1.29 is 13.2 Å². The molecule has 1 N–H and O–H groups in total. The molecule has 0 aliphatic carbocycles. The first-order valence-corrected chi connectivity index (χ1v) is 7.72. The highest BCUT2D eigenvalue weighted by Gasteiger charge is 2.35. The van der Waals surface area contributed by atoms with Crippen molar-refractivity contribution in [3.63, 3.8) is 0 Å². The van der Waals surface area contributed by atoms with Crippen molar-refractivity contribution >= 4 is 50.6 Å². The van der Waals surface area contributed by atoms with Gasteiger partial charge in [-0.05, 0) is 12.1 Å². The largest absolute Gasteiger partial charge is 0.445 e. The van der Waals surface area contributed by atoms with Crippen LogP contribution in [0.1, 0.15) is 5.01 Å². The predicted molar refractivity (Wildman–Crippen MR) is 83.7 cm³/mol. The van der Waals surface area contributed by atoms with Gasteiger partial charge >= 0.3 is 6.18 Å². The van der Waals surface area contributed by atoms with E-state index in [2.05, 4.69) is 25.5 Å². The van der Waals surface area contributed by atoms with Gasteiger partial charge in [-0.1, -0.05) is 29.0 Å². The van der Waals surface area contributed by atoms with Gasteiger partial charge in [0.2, 0.25) is 10.1 Å². The maximum Gasteiger partial charge on any atom is 0.445 e. The molecule has 4 aromatic rings. The number of hydrogen-bond donors (Lipinski definition) is 1. The number of anilines is 2. The van der Waals surface area contributed by atoms with Gasteiger partial charge in [0, 0.05) is 12.4 Å². The first kappa shape index (κ1) is 15.1. The number of para-hydroxylation sites is 1. The highest BCUT2D eigenvalue weighted by atomic mass is 35.5. The molecule has 3 heterocycles. The van der Waals surface area contributed by atoms with E-state index in [1.165, 1.54) is 0 Å². The molecule has 11 heteroatoms. The van der Waals surface area contributed by atoms with Crippen LogP contribution >= 0.6 is 22.9 Å². The summed E-state index contributed by atoms with van der Waals surface area (Å²) < 4.78 is 39.6. The van der Waals surface area contributed by atoms with Gasteiger partial charge in [0.1, 0.15) is 0 Å². The average molecular weight is 371 g/mol. The fourth-order valence-corrected chi connectivity index (χ4v) is 3.11. The molecule has 0 amide bonds. The highest BCUT2D eigenvalue weighted by Crippen LogP contribution is 2.34. The smallest absolute Gasteiger partial charge is 0.312 e. The highest BCUT2D eigenvalue weighted by molar-refractivity contribution is 7.15. The van der Waals surface area contributed by atoms with E-state index in [0.717, 1.165) is 0 Å². The minimum absolute atomic E-state index is 0.0268. The minimum atomic E-state index is -4.54. The van der Waals surface area contributed by atoms with Crippen LogP contribution in [0, 0.1) is 0 Å². The third-order valence-electron chi connectivity index (χ3n) is 3.18. The Hall–Kier alpha value is -2.46. The third kappa shape index (κ3) is 2.43. The van der Waals surface area contributed by atoms with Crippen molar-refractivity contribution in [2.24, 2.45) is 0 Å². The molecule has 3 aromatic heterocycles. The summed E-state index contributed by atoms with van der Waals surface area (Å²) in [6, 6.07) is 5.20. The van der Waals surface area contributed by atoms with Crippen molar-refractivity contribution in [3.05, 3.63) is 40.6 Å². The molecule has 0 aliphatic rings. The predicted octanol–water partition coefficient (Wildman–Crippen LogP) is 4.15. The van der Waals surface area contributed by atoms with E-state index in [4.69, 9.17) is 11.6 Å². The second kappa shape index (κ2) is 5.28. The summed E-state index contributed by atoms with van der Waals surface area (Å²) in [5, 5.41) is 8.81. The Labute approximate surface area is 140 Å². The molecule has 24 heavy (non-hydrogen) atoms. The van der Waals surface area contributed by atoms with Gasteiger partial charge in [0.05, 0.1) is 16.1 Å². The summed E-state index contributed by atoms with van der Waals surface area (Å²) in [5.41, 5.74) is 1.64. The molecule has 6 nitrogen and oxygen atoms in total. The zero-order chi connectivity index (χ0) is 16.9. The summed E-state index contributed by atoms with van der Waals surface area (Å²) in [5.74, 6) is 0.264. The zero-order valence-corrected chi connectivity index (χ0v) is 13.1. The molecular weight excluding hydrogens is 365 g/mol. The Morgan fingerprint density at radius 1 is 1.21 bits per heavy atom. The molecule has 0 bridgehead atoms. The van der Waals surface area contributed by atoms with Crippen molar-refractivity contribution in [1.29, 1.82) is 0 Å². The zero-order valence-electron chi connectivity index (χ0n) is 11.5. The van der Waals surface area contributed by atoms with E-state index in [1.54, 1.807) is 35.0 Å². The van der Waals surface area contributed by atoms with Crippen molar-refractivity contribution in [2.45, 2.75) is 6.18 Å². The fourth-order valence-electron chi connectivity index (χ4n) is 2.24. The lowest BCUT2D eigenvalue weighted by molar-refractivity contribution is -0.138. The molecule has 0 atom stereocenters. The van der Waals surface area contributed by atoms with Gasteiger partial charge in [-0.3, -0.25) is 4.40 Å². The number of imidazole rings is 1. The summed E-state index contributed by atoms with van der Waals surface area (Å²) >= 11 is 6.60. The quantitative estimate of drug-likeness (QED) is 0.574. The normalized spacial score (nSPS) is 12.2. The van der Waals surface area contributed by atoms with Gasteiger partial charge in [-0.2, -0.15) is 13.2 Å². The van der Waals surface area contributed by atoms with Crippen molar-refractivity contribution in [1.82, 2.24) is 24.6 Å². The van der Waals surface area contributed by atoms with Gasteiger partial charge in [0.25, 0.3) is 0 Å². The SMILES string of the molecule is FC(F)(F)c1nnc(Nc2nc3cccc(Cl)c3n3ccnc23)s1. The molecule has 1 aromatic carbocycles. The standard InChI is InChI=1S/C13H6ClF3N6S/c14-6-2-1-3-7-8(6)23-5-4-18-10(23)9(19-7)20-12-22-21-11(24-12)13(15,16)17/h1-5H,(H,19,20,22). The van der Waals surface area contributed by atoms with Crippen molar-refractivity contribution in [3.8, 4) is 0 Å². The van der Waals surface area contributed by atoms with Crippen LogP contribution in [0.2, 0.25) is 5.02 Å². The summed E-state index contributed by atoms with van der Waals surface area (Å²) in [6.45, 7) is 0. The molecule has 0 fully saturated rings. The van der Waals surface area contributed by atoms with Crippen LogP contribution in [-0.2, 0) is 6.18 Å². The molecule has 0 spiro atoms. The van der Waals surface area contributed by atoms with Gasteiger partial charge in [0.15, 0.2) is 11.5 Å². The lowest BCUT2D eigenvalue weighted by atomic mass is 10.3. The van der Waals surface area contributed by atoms with E-state index in [0.29, 0.717) is 33.0 Å². The minimum Gasteiger partial charge on any atom is -0.312 e. The molecule has 0 saturated carbocycles. The Morgan fingerprint density at radius 3 is 2.79 bits per heavy atom. The van der Waals surface area contributed by atoms with Crippen LogP contribution in [0.4, 0.5) is 24.1 Å². The third-order valence-corrected chi connectivity index (χ3v) is 4.37. The van der Waals surface area contributed by atoms with Crippen LogP contribution in [0.25, 0.3) is 16.7 Å². The Kier molecular flexibility index (Phi) is 3.32. The van der Waals surface area contributed by atoms with E-state index < -0.39 is 11.2 Å². The Balaban J connectivity index is 1.84. The molecule has 0 aliphatic heterocycles. The Morgan fingerprint density at radius 2 is 2.04 bits per heavy atom. The monoisotopic (exact) mass is 370 g/mol. The van der Waals surface area contributed by atoms with Crippen LogP contribution in [0.15, 0.2) is 30.6 Å². The number of benzene rings is 1. The molecule has 122 valence electrons. The second-order valence-corrected chi connectivity index (χ2v) is 6.11. The lowest BCUT2D eigenvalue weighted by Crippen LogP contribution is -2.03. The molecule has 0 unspecified atom stereocenters. The number of rotatable bonds is 2. The summed E-state index contributed by atoms with van der Waals surface area (Å²) in [4.78, 5) is 8.56. The maximum atomic E-state index is 12.6. The number of alkyl halides is 3. The van der Waals surface area contributed by atoms with Crippen molar-refractivity contribution in [2.75, 3.05) is 5.32 Å². The molecular formula is C13H6ClF3N6S. The number of fused-ring (bicyclic) bond motifs is 3. The summed E-state index contributed by atoms with van der Waals surface area (Å²) in [7, 11) is 0. The number of halogens is 4. The van der Waals surface area contributed by atoms with E-state index in [9.17, 15) is 13.2 Å². The van der Waals surface area contributed by atoms with Gasteiger partial charge < -0.3 is 5.32 Å². The Bertz CT molecular complexity index is 1060. The topological polar surface area (TPSA) is 68.0 Å². The average Bonchev–Trinajstić information content (AvgIpc) is 3.15. The van der Waals surface area contributed by atoms with E-state index in [1.807, 2.05) is 0 Å². The first-order chi connectivity index (χ1) is 11.4. The van der Waals surface area contributed by atoms with Crippen LogP contribution in [0.5, 0.6) is 0 Å². The van der Waals surface area contributed by atoms with Crippen LogP contribution in [0.3, 0.4) is 0 Å². The maximum absolute atomic E-state index is 12.6. The first-order valence-electron chi connectivity index (χ1n) is 6.52. The van der Waals surface area contributed by atoms with E-state index in [-0.39, 0.29) is 10.9 Å². The molecule has 0 radical (unpaired) electrons. The van der Waals surface area contributed by atoms with Crippen LogP contribution < -0.4 is 5.32 Å². The molecule has 0 saturated heterocycles.